The number of nitrogens with zero attached hydrogens (tertiary/aromatic N) is 2. The molecule has 114 valence electrons. The van der Waals surface area contributed by atoms with Crippen LogP contribution < -0.4 is 0 Å². The van der Waals surface area contributed by atoms with E-state index in [4.69, 9.17) is 4.84 Å². The summed E-state index contributed by atoms with van der Waals surface area (Å²) >= 11 is 0. The molecule has 1 aliphatic heterocycles. The van der Waals surface area contributed by atoms with Crippen molar-refractivity contribution in [3.63, 3.8) is 0 Å². The fraction of sp³-hybridized carbons (Fsp3) is 0.500. The first-order chi connectivity index (χ1) is 10.1. The molecule has 1 amide bonds. The molecular weight excluding hydrogens is 271 g/mol. The lowest BCUT2D eigenvalue weighted by Crippen LogP contribution is -2.37. The zero-order valence-corrected chi connectivity index (χ0v) is 12.5. The molecule has 0 saturated heterocycles. The van der Waals surface area contributed by atoms with E-state index in [0.717, 1.165) is 24.2 Å². The largest absolute Gasteiger partial charge is 0.390 e. The van der Waals surface area contributed by atoms with Gasteiger partial charge in [-0.25, -0.2) is 4.39 Å². The van der Waals surface area contributed by atoms with Gasteiger partial charge in [0.05, 0.1) is 12.3 Å². The number of oxime groups is 1. The van der Waals surface area contributed by atoms with Crippen LogP contribution in [-0.2, 0) is 9.63 Å². The number of amides is 1. The second-order valence-electron chi connectivity index (χ2n) is 5.17. The van der Waals surface area contributed by atoms with Crippen LogP contribution in [0.4, 0.5) is 4.39 Å². The first kappa shape index (κ1) is 15.5. The Morgan fingerprint density at radius 1 is 1.38 bits per heavy atom. The molecule has 0 N–H and O–H groups in total. The third-order valence-electron chi connectivity index (χ3n) is 3.48. The average Bonchev–Trinajstić information content (AvgIpc) is 2.95. The van der Waals surface area contributed by atoms with Crippen molar-refractivity contribution >= 4 is 11.6 Å². The summed E-state index contributed by atoms with van der Waals surface area (Å²) in [6.07, 6.45) is 1.94. The molecule has 0 aromatic heterocycles. The normalized spacial score (nSPS) is 17.3. The van der Waals surface area contributed by atoms with Gasteiger partial charge in [0, 0.05) is 19.4 Å². The van der Waals surface area contributed by atoms with Crippen LogP contribution in [0.25, 0.3) is 0 Å². The molecule has 1 heterocycles. The van der Waals surface area contributed by atoms with Gasteiger partial charge in [0.1, 0.15) is 5.82 Å². The highest BCUT2D eigenvalue weighted by Gasteiger charge is 2.25. The molecule has 5 heteroatoms. The first-order valence-electron chi connectivity index (χ1n) is 7.40. The Kier molecular flexibility index (Phi) is 5.31. The van der Waals surface area contributed by atoms with Crippen molar-refractivity contribution in [3.8, 4) is 0 Å². The highest BCUT2D eigenvalue weighted by atomic mass is 19.1. The highest BCUT2D eigenvalue weighted by molar-refractivity contribution is 6.01. The molecule has 0 unspecified atom stereocenters. The van der Waals surface area contributed by atoms with Gasteiger partial charge < -0.3 is 9.74 Å². The van der Waals surface area contributed by atoms with Crippen LogP contribution in [0, 0.1) is 5.82 Å². The van der Waals surface area contributed by atoms with E-state index in [-0.39, 0.29) is 17.8 Å². The number of benzene rings is 1. The van der Waals surface area contributed by atoms with Crippen LogP contribution >= 0.6 is 0 Å². The van der Waals surface area contributed by atoms with Gasteiger partial charge >= 0.3 is 0 Å². The van der Waals surface area contributed by atoms with Gasteiger partial charge in [-0.2, -0.15) is 0 Å². The van der Waals surface area contributed by atoms with Gasteiger partial charge in [0.25, 0.3) is 0 Å². The van der Waals surface area contributed by atoms with Crippen molar-refractivity contribution in [1.29, 1.82) is 0 Å². The van der Waals surface area contributed by atoms with Crippen LogP contribution in [0.1, 0.15) is 38.7 Å². The molecule has 0 spiro atoms. The van der Waals surface area contributed by atoms with Crippen LogP contribution in [0.15, 0.2) is 29.4 Å². The lowest BCUT2D eigenvalue weighted by atomic mass is 10.0. The number of halogens is 1. The molecule has 1 aromatic rings. The van der Waals surface area contributed by atoms with E-state index in [2.05, 4.69) is 5.16 Å². The van der Waals surface area contributed by atoms with Crippen molar-refractivity contribution in [3.05, 3.63) is 35.6 Å². The molecule has 1 atom stereocenters. The summed E-state index contributed by atoms with van der Waals surface area (Å²) in [5.41, 5.74) is 1.67. The Hall–Kier alpha value is -1.91. The van der Waals surface area contributed by atoms with E-state index in [9.17, 15) is 9.18 Å². The van der Waals surface area contributed by atoms with E-state index in [1.807, 2.05) is 18.7 Å². The summed E-state index contributed by atoms with van der Waals surface area (Å²) < 4.78 is 12.9. The predicted molar refractivity (Wildman–Crippen MR) is 79.6 cm³/mol. The van der Waals surface area contributed by atoms with Crippen LogP contribution in [0.5, 0.6) is 0 Å². The van der Waals surface area contributed by atoms with Gasteiger partial charge in [-0.15, -0.1) is 0 Å². The summed E-state index contributed by atoms with van der Waals surface area (Å²) in [4.78, 5) is 19.1. The van der Waals surface area contributed by atoms with Crippen molar-refractivity contribution in [2.75, 3.05) is 13.1 Å². The Bertz CT molecular complexity index is 514. The van der Waals surface area contributed by atoms with Gasteiger partial charge in [0.15, 0.2) is 6.10 Å². The molecule has 0 saturated carbocycles. The average molecular weight is 292 g/mol. The quantitative estimate of drug-likeness (QED) is 0.809. The number of rotatable bonds is 6. The van der Waals surface area contributed by atoms with Crippen molar-refractivity contribution in [2.24, 2.45) is 5.16 Å². The minimum Gasteiger partial charge on any atom is -0.390 e. The van der Waals surface area contributed by atoms with E-state index >= 15 is 0 Å². The molecular formula is C16H21FN2O2. The number of carbonyl (C=O) groups excluding carboxylic acids is 1. The van der Waals surface area contributed by atoms with Crippen LogP contribution in [0.3, 0.4) is 0 Å². The predicted octanol–water partition coefficient (Wildman–Crippen LogP) is 2.97. The Balaban J connectivity index is 1.94. The van der Waals surface area contributed by atoms with Gasteiger partial charge in [-0.3, -0.25) is 4.79 Å². The topological polar surface area (TPSA) is 41.9 Å². The van der Waals surface area contributed by atoms with Crippen molar-refractivity contribution < 1.29 is 14.0 Å². The third kappa shape index (κ3) is 4.03. The van der Waals surface area contributed by atoms with E-state index < -0.39 is 0 Å². The summed E-state index contributed by atoms with van der Waals surface area (Å²) in [6, 6.07) is 6.21. The monoisotopic (exact) mass is 292 g/mol. The molecule has 1 aromatic carbocycles. The standard InChI is InChI=1S/C16H21FN2O2/c1-3-9-19(16(20)4-2)11-14-10-15(18-21-14)12-5-7-13(17)8-6-12/h5-8,14H,3-4,9-11H2,1-2H3/t14-/m1/s1. The maximum Gasteiger partial charge on any atom is 0.222 e. The SMILES string of the molecule is CCCN(C[C@H]1CC(c2ccc(F)cc2)=NO1)C(=O)CC. The molecule has 2 rings (SSSR count). The Labute approximate surface area is 124 Å². The Morgan fingerprint density at radius 3 is 2.71 bits per heavy atom. The molecule has 0 radical (unpaired) electrons. The third-order valence-corrected chi connectivity index (χ3v) is 3.48. The summed E-state index contributed by atoms with van der Waals surface area (Å²) in [5, 5.41) is 4.07. The maximum absolute atomic E-state index is 12.9. The van der Waals surface area contributed by atoms with Gasteiger partial charge in [-0.1, -0.05) is 31.1 Å². The lowest BCUT2D eigenvalue weighted by molar-refractivity contribution is -0.132. The van der Waals surface area contributed by atoms with E-state index in [1.54, 1.807) is 12.1 Å². The minimum absolute atomic E-state index is 0.118. The summed E-state index contributed by atoms with van der Waals surface area (Å²) in [5.74, 6) is -0.131. The fourth-order valence-electron chi connectivity index (χ4n) is 2.40. The maximum atomic E-state index is 12.9. The molecule has 4 nitrogen and oxygen atoms in total. The van der Waals surface area contributed by atoms with Crippen LogP contribution in [0.2, 0.25) is 0 Å². The Morgan fingerprint density at radius 2 is 2.10 bits per heavy atom. The second-order valence-corrected chi connectivity index (χ2v) is 5.17. The van der Waals surface area contributed by atoms with Gasteiger partial charge in [0.2, 0.25) is 5.91 Å². The second kappa shape index (κ2) is 7.20. The number of hydrogen-bond acceptors (Lipinski definition) is 3. The minimum atomic E-state index is -0.266. The van der Waals surface area contributed by atoms with E-state index in [1.165, 1.54) is 12.1 Å². The van der Waals surface area contributed by atoms with Crippen molar-refractivity contribution in [2.45, 2.75) is 39.2 Å². The number of carbonyl (C=O) groups is 1. The number of hydrogen-bond donors (Lipinski definition) is 0. The van der Waals surface area contributed by atoms with Crippen LogP contribution in [-0.4, -0.2) is 35.7 Å². The zero-order valence-electron chi connectivity index (χ0n) is 12.5. The van der Waals surface area contributed by atoms with Crippen molar-refractivity contribution in [1.82, 2.24) is 4.90 Å². The molecule has 0 fully saturated rings. The fourth-order valence-corrected chi connectivity index (χ4v) is 2.40. The molecule has 0 bridgehead atoms. The lowest BCUT2D eigenvalue weighted by Gasteiger charge is -2.23. The van der Waals surface area contributed by atoms with E-state index in [0.29, 0.717) is 19.4 Å². The zero-order chi connectivity index (χ0) is 15.2. The molecule has 1 aliphatic rings. The smallest absolute Gasteiger partial charge is 0.222 e. The molecule has 0 aliphatic carbocycles. The molecule has 21 heavy (non-hydrogen) atoms. The summed E-state index contributed by atoms with van der Waals surface area (Å²) in [6.45, 7) is 5.19. The first-order valence-corrected chi connectivity index (χ1v) is 7.40. The summed E-state index contributed by atoms with van der Waals surface area (Å²) in [7, 11) is 0. The van der Waals surface area contributed by atoms with Gasteiger partial charge in [-0.05, 0) is 24.1 Å². The highest BCUT2D eigenvalue weighted by Crippen LogP contribution is 2.18.